The van der Waals surface area contributed by atoms with Crippen molar-refractivity contribution in [3.63, 3.8) is 0 Å². The maximum atomic E-state index is 4.48. The summed E-state index contributed by atoms with van der Waals surface area (Å²) < 4.78 is 5.73. The second-order valence-electron chi connectivity index (χ2n) is 9.87. The summed E-state index contributed by atoms with van der Waals surface area (Å²) in [5.74, 6) is 0. The molecule has 0 bridgehead atoms. The first kappa shape index (κ1) is 22.3. The average molecular weight is 564 g/mol. The zero-order chi connectivity index (χ0) is 25.9. The minimum Gasteiger partial charge on any atom is -0.309 e. The lowest BCUT2D eigenvalue weighted by Gasteiger charge is -2.16. The van der Waals surface area contributed by atoms with Crippen LogP contribution in [0.3, 0.4) is 0 Å². The monoisotopic (exact) mass is 563 g/mol. The Balaban J connectivity index is 1.51. The number of aromatic nitrogens is 3. The molecular formula is C35H22BrN3. The van der Waals surface area contributed by atoms with Gasteiger partial charge < -0.3 is 9.13 Å². The predicted octanol–water partition coefficient (Wildman–Crippen LogP) is 9.71. The second kappa shape index (κ2) is 8.69. The minimum absolute atomic E-state index is 0.959. The van der Waals surface area contributed by atoms with Gasteiger partial charge in [-0.1, -0.05) is 72.8 Å². The number of rotatable bonds is 3. The van der Waals surface area contributed by atoms with Crippen molar-refractivity contribution >= 4 is 59.5 Å². The zero-order valence-electron chi connectivity index (χ0n) is 20.9. The number of halogens is 1. The molecule has 0 aliphatic rings. The smallest absolute Gasteiger partial charge is 0.0541 e. The van der Waals surface area contributed by atoms with Crippen LogP contribution >= 0.6 is 15.9 Å². The van der Waals surface area contributed by atoms with Crippen LogP contribution in [-0.2, 0) is 0 Å². The summed E-state index contributed by atoms with van der Waals surface area (Å²) in [7, 11) is 0. The third kappa shape index (κ3) is 3.45. The summed E-state index contributed by atoms with van der Waals surface area (Å²) in [4.78, 5) is 4.48. The van der Waals surface area contributed by atoms with E-state index in [4.69, 9.17) is 0 Å². The molecule has 3 nitrogen and oxygen atoms in total. The molecule has 8 rings (SSSR count). The van der Waals surface area contributed by atoms with Crippen LogP contribution in [0, 0.1) is 0 Å². The van der Waals surface area contributed by atoms with Crippen molar-refractivity contribution in [2.24, 2.45) is 0 Å². The molecule has 0 N–H and O–H groups in total. The van der Waals surface area contributed by atoms with Crippen LogP contribution in [0.25, 0.3) is 66.1 Å². The molecule has 184 valence electrons. The first-order valence-corrected chi connectivity index (χ1v) is 13.8. The van der Waals surface area contributed by atoms with E-state index in [1.54, 1.807) is 0 Å². The second-order valence-corrected chi connectivity index (χ2v) is 10.8. The van der Waals surface area contributed by atoms with Crippen molar-refractivity contribution in [1.82, 2.24) is 14.1 Å². The van der Waals surface area contributed by atoms with Gasteiger partial charge in [0.15, 0.2) is 0 Å². The molecule has 3 aromatic heterocycles. The van der Waals surface area contributed by atoms with Crippen molar-refractivity contribution < 1.29 is 0 Å². The highest BCUT2D eigenvalue weighted by Crippen LogP contribution is 2.37. The van der Waals surface area contributed by atoms with Crippen molar-refractivity contribution in [3.8, 4) is 22.5 Å². The number of benzene rings is 5. The third-order valence-electron chi connectivity index (χ3n) is 7.62. The molecule has 4 heteroatoms. The molecule has 0 atom stereocenters. The van der Waals surface area contributed by atoms with Gasteiger partial charge in [-0.25, -0.2) is 0 Å². The molecule has 0 saturated heterocycles. The van der Waals surface area contributed by atoms with Crippen LogP contribution in [0.2, 0.25) is 0 Å². The number of fused-ring (bicyclic) bond motifs is 6. The van der Waals surface area contributed by atoms with Gasteiger partial charge in [-0.2, -0.15) is 0 Å². The van der Waals surface area contributed by atoms with Crippen LogP contribution in [0.4, 0.5) is 0 Å². The highest BCUT2D eigenvalue weighted by atomic mass is 79.9. The van der Waals surface area contributed by atoms with E-state index in [1.807, 2.05) is 12.4 Å². The summed E-state index contributed by atoms with van der Waals surface area (Å²) in [5.41, 5.74) is 9.16. The summed E-state index contributed by atoms with van der Waals surface area (Å²) in [6.07, 6.45) is 3.76. The first-order valence-electron chi connectivity index (χ1n) is 13.0. The van der Waals surface area contributed by atoms with Gasteiger partial charge in [-0.05, 0) is 70.0 Å². The lowest BCUT2D eigenvalue weighted by Crippen LogP contribution is -2.00. The van der Waals surface area contributed by atoms with E-state index in [2.05, 4.69) is 151 Å². The lowest BCUT2D eigenvalue weighted by atomic mass is 10.1. The molecular weight excluding hydrogens is 542 g/mol. The van der Waals surface area contributed by atoms with Gasteiger partial charge in [0.25, 0.3) is 0 Å². The molecule has 0 radical (unpaired) electrons. The maximum Gasteiger partial charge on any atom is 0.0541 e. The molecule has 3 heterocycles. The highest BCUT2D eigenvalue weighted by molar-refractivity contribution is 9.10. The number of nitrogens with zero attached hydrogens (tertiary/aromatic N) is 3. The fraction of sp³-hybridized carbons (Fsp3) is 0. The fourth-order valence-corrected chi connectivity index (χ4v) is 6.36. The number of hydrogen-bond acceptors (Lipinski definition) is 1. The van der Waals surface area contributed by atoms with E-state index >= 15 is 0 Å². The summed E-state index contributed by atoms with van der Waals surface area (Å²) in [6, 6.07) is 43.6. The van der Waals surface area contributed by atoms with E-state index in [0.29, 0.717) is 0 Å². The molecule has 0 aliphatic carbocycles. The van der Waals surface area contributed by atoms with Gasteiger partial charge >= 0.3 is 0 Å². The average Bonchev–Trinajstić information content (AvgIpc) is 3.50. The summed E-state index contributed by atoms with van der Waals surface area (Å²) >= 11 is 3.63. The molecule has 39 heavy (non-hydrogen) atoms. The molecule has 5 aromatic carbocycles. The number of pyridine rings is 1. The van der Waals surface area contributed by atoms with Crippen LogP contribution in [0.5, 0.6) is 0 Å². The zero-order valence-corrected chi connectivity index (χ0v) is 22.5. The molecule has 0 amide bonds. The minimum atomic E-state index is 0.959. The largest absolute Gasteiger partial charge is 0.309 e. The van der Waals surface area contributed by atoms with E-state index in [1.165, 1.54) is 43.6 Å². The van der Waals surface area contributed by atoms with Gasteiger partial charge in [0.1, 0.15) is 0 Å². The predicted molar refractivity (Wildman–Crippen MR) is 166 cm³/mol. The molecule has 0 fully saturated rings. The quantitative estimate of drug-likeness (QED) is 0.210. The molecule has 0 spiro atoms. The maximum absolute atomic E-state index is 4.48. The van der Waals surface area contributed by atoms with Gasteiger partial charge in [-0.3, -0.25) is 4.98 Å². The van der Waals surface area contributed by atoms with Crippen molar-refractivity contribution in [2.45, 2.75) is 0 Å². The van der Waals surface area contributed by atoms with E-state index in [-0.39, 0.29) is 0 Å². The standard InChI is InChI=1S/C35H22BrN3/c36-25-17-24(21-37-22-25)23-18-26(38-32-13-5-1-9-28(32)29-10-2-6-14-33(29)38)20-27(19-23)39-34-15-7-3-11-30(34)31-12-4-8-16-35(31)39/h1-22H. The molecule has 0 unspecified atom stereocenters. The van der Waals surface area contributed by atoms with Gasteiger partial charge in [0, 0.05) is 55.3 Å². The van der Waals surface area contributed by atoms with E-state index in [9.17, 15) is 0 Å². The summed E-state index contributed by atoms with van der Waals surface area (Å²) in [6.45, 7) is 0. The third-order valence-corrected chi connectivity index (χ3v) is 8.05. The normalized spacial score (nSPS) is 11.7. The molecule has 0 aliphatic heterocycles. The summed E-state index contributed by atoms with van der Waals surface area (Å²) in [5, 5.41) is 5.00. The lowest BCUT2D eigenvalue weighted by molar-refractivity contribution is 1.13. The first-order chi connectivity index (χ1) is 19.3. The Hall–Kier alpha value is -4.67. The topological polar surface area (TPSA) is 22.8 Å². The van der Waals surface area contributed by atoms with Gasteiger partial charge in [-0.15, -0.1) is 0 Å². The Labute approximate surface area is 233 Å². The Bertz CT molecular complexity index is 1960. The van der Waals surface area contributed by atoms with Crippen LogP contribution in [0.15, 0.2) is 138 Å². The highest BCUT2D eigenvalue weighted by Gasteiger charge is 2.17. The van der Waals surface area contributed by atoms with Crippen molar-refractivity contribution in [1.29, 1.82) is 0 Å². The van der Waals surface area contributed by atoms with Gasteiger partial charge in [0.05, 0.1) is 22.1 Å². The van der Waals surface area contributed by atoms with Crippen molar-refractivity contribution in [3.05, 3.63) is 138 Å². The Morgan fingerprint density at radius 2 is 0.846 bits per heavy atom. The van der Waals surface area contributed by atoms with Crippen LogP contribution < -0.4 is 0 Å². The van der Waals surface area contributed by atoms with Crippen molar-refractivity contribution in [2.75, 3.05) is 0 Å². The number of hydrogen-bond donors (Lipinski definition) is 0. The van der Waals surface area contributed by atoms with Crippen LogP contribution in [-0.4, -0.2) is 14.1 Å². The van der Waals surface area contributed by atoms with E-state index in [0.717, 1.165) is 27.0 Å². The molecule has 8 aromatic rings. The Morgan fingerprint density at radius 3 is 1.26 bits per heavy atom. The van der Waals surface area contributed by atoms with Gasteiger partial charge in [0.2, 0.25) is 0 Å². The Kier molecular flexibility index (Phi) is 4.97. The van der Waals surface area contributed by atoms with Crippen LogP contribution in [0.1, 0.15) is 0 Å². The Morgan fingerprint density at radius 1 is 0.436 bits per heavy atom. The van der Waals surface area contributed by atoms with E-state index < -0.39 is 0 Å². The SMILES string of the molecule is Brc1cncc(-c2cc(-n3c4ccccc4c4ccccc43)cc(-n3c4ccccc4c4ccccc43)c2)c1. The number of para-hydroxylation sites is 4. The fourth-order valence-electron chi connectivity index (χ4n) is 5.99. The molecule has 0 saturated carbocycles.